The van der Waals surface area contributed by atoms with Gasteiger partial charge in [0.1, 0.15) is 5.69 Å². The van der Waals surface area contributed by atoms with E-state index in [1.165, 1.54) is 0 Å². The van der Waals surface area contributed by atoms with Crippen LogP contribution in [0.3, 0.4) is 0 Å². The van der Waals surface area contributed by atoms with Crippen LogP contribution in [0.1, 0.15) is 27.2 Å². The lowest BCUT2D eigenvalue weighted by molar-refractivity contribution is -0.125. The number of H-pyrrole nitrogens is 1. The zero-order valence-electron chi connectivity index (χ0n) is 19.9. The number of amides is 3. The van der Waals surface area contributed by atoms with Crippen molar-refractivity contribution in [3.8, 4) is 0 Å². The standard InChI is InChI=1S/C26H31N5O3/c1-17-12-18(2)25(19(3)13-17)29-23(32)15-27-24(33)16-30-8-10-31(11-9-30)26(34)22-14-20-6-4-5-7-21(20)28-22/h4-7,12-14,28H,8-11,15-16H2,1-3H3,(H,27,33)(H,29,32). The van der Waals surface area contributed by atoms with Crippen LogP contribution in [0.5, 0.6) is 0 Å². The molecule has 0 bridgehead atoms. The number of piperazine rings is 1. The lowest BCUT2D eigenvalue weighted by Gasteiger charge is -2.34. The van der Waals surface area contributed by atoms with Gasteiger partial charge >= 0.3 is 0 Å². The van der Waals surface area contributed by atoms with E-state index in [1.807, 2.05) is 68.1 Å². The van der Waals surface area contributed by atoms with E-state index in [0.717, 1.165) is 33.3 Å². The highest BCUT2D eigenvalue weighted by atomic mass is 16.2. The Bertz CT molecular complexity index is 1170. The van der Waals surface area contributed by atoms with Crippen LogP contribution in [-0.2, 0) is 9.59 Å². The van der Waals surface area contributed by atoms with Crippen LogP contribution in [0.15, 0.2) is 42.5 Å². The number of anilines is 1. The summed E-state index contributed by atoms with van der Waals surface area (Å²) in [5.74, 6) is -0.487. The third kappa shape index (κ3) is 5.46. The topological polar surface area (TPSA) is 97.5 Å². The van der Waals surface area contributed by atoms with Gasteiger partial charge in [-0.2, -0.15) is 0 Å². The number of nitrogens with one attached hydrogen (secondary N) is 3. The Balaban J connectivity index is 1.21. The van der Waals surface area contributed by atoms with Gasteiger partial charge in [-0.15, -0.1) is 0 Å². The fourth-order valence-electron chi connectivity index (χ4n) is 4.47. The first kappa shape index (κ1) is 23.5. The minimum absolute atomic E-state index is 0.0290. The number of hydrogen-bond donors (Lipinski definition) is 3. The summed E-state index contributed by atoms with van der Waals surface area (Å²) in [5, 5.41) is 6.60. The molecule has 0 aliphatic carbocycles. The molecule has 8 nitrogen and oxygen atoms in total. The molecule has 1 fully saturated rings. The SMILES string of the molecule is Cc1cc(C)c(NC(=O)CNC(=O)CN2CCN(C(=O)c3cc4ccccc4[nH]3)CC2)c(C)c1. The molecule has 3 amide bonds. The zero-order chi connectivity index (χ0) is 24.2. The first-order valence-electron chi connectivity index (χ1n) is 11.5. The van der Waals surface area contributed by atoms with Gasteiger partial charge in [0.05, 0.1) is 13.1 Å². The highest BCUT2D eigenvalue weighted by molar-refractivity contribution is 5.98. The number of aryl methyl sites for hydroxylation is 3. The number of para-hydroxylation sites is 1. The first-order chi connectivity index (χ1) is 16.3. The fraction of sp³-hybridized carbons (Fsp3) is 0.346. The molecule has 0 saturated carbocycles. The van der Waals surface area contributed by atoms with Gasteiger partial charge in [0, 0.05) is 42.8 Å². The molecule has 3 N–H and O–H groups in total. The quantitative estimate of drug-likeness (QED) is 0.526. The maximum Gasteiger partial charge on any atom is 0.270 e. The fourth-order valence-corrected chi connectivity index (χ4v) is 4.47. The van der Waals surface area contributed by atoms with Crippen LogP contribution in [0.2, 0.25) is 0 Å². The van der Waals surface area contributed by atoms with Crippen LogP contribution >= 0.6 is 0 Å². The molecule has 2 aromatic carbocycles. The van der Waals surface area contributed by atoms with Crippen molar-refractivity contribution in [1.29, 1.82) is 0 Å². The minimum atomic E-state index is -0.253. The van der Waals surface area contributed by atoms with Gasteiger partial charge in [-0.25, -0.2) is 0 Å². The van der Waals surface area contributed by atoms with Gasteiger partial charge in [0.25, 0.3) is 5.91 Å². The van der Waals surface area contributed by atoms with Crippen LogP contribution in [0, 0.1) is 20.8 Å². The summed E-state index contributed by atoms with van der Waals surface area (Å²) in [6.07, 6.45) is 0. The van der Waals surface area contributed by atoms with E-state index in [9.17, 15) is 14.4 Å². The van der Waals surface area contributed by atoms with Crippen molar-refractivity contribution in [1.82, 2.24) is 20.1 Å². The molecule has 0 atom stereocenters. The second kappa shape index (κ2) is 10.1. The molecule has 4 rings (SSSR count). The summed E-state index contributed by atoms with van der Waals surface area (Å²) in [7, 11) is 0. The second-order valence-corrected chi connectivity index (χ2v) is 8.94. The lowest BCUT2D eigenvalue weighted by Crippen LogP contribution is -2.51. The molecule has 1 aliphatic heterocycles. The molecule has 1 aliphatic rings. The normalized spacial score (nSPS) is 14.3. The molecule has 0 unspecified atom stereocenters. The van der Waals surface area contributed by atoms with E-state index in [4.69, 9.17) is 0 Å². The number of carbonyl (C=O) groups is 3. The molecule has 0 spiro atoms. The van der Waals surface area contributed by atoms with E-state index in [-0.39, 0.29) is 30.8 Å². The summed E-state index contributed by atoms with van der Waals surface area (Å²) >= 11 is 0. The maximum atomic E-state index is 12.8. The molecular formula is C26H31N5O3. The minimum Gasteiger partial charge on any atom is -0.351 e. The third-order valence-corrected chi connectivity index (χ3v) is 6.17. The molecule has 8 heteroatoms. The second-order valence-electron chi connectivity index (χ2n) is 8.94. The zero-order valence-corrected chi connectivity index (χ0v) is 19.9. The van der Waals surface area contributed by atoms with Crippen LogP contribution in [0.4, 0.5) is 5.69 Å². The Morgan fingerprint density at radius 1 is 0.912 bits per heavy atom. The van der Waals surface area contributed by atoms with Crippen molar-refractivity contribution < 1.29 is 14.4 Å². The summed E-state index contributed by atoms with van der Waals surface area (Å²) in [4.78, 5) is 44.5. The van der Waals surface area contributed by atoms with Gasteiger partial charge in [0.15, 0.2) is 0 Å². The Hall–Kier alpha value is -3.65. The molecule has 1 saturated heterocycles. The summed E-state index contributed by atoms with van der Waals surface area (Å²) < 4.78 is 0. The number of benzene rings is 2. The number of carbonyl (C=O) groups excluding carboxylic acids is 3. The highest BCUT2D eigenvalue weighted by Gasteiger charge is 2.24. The molecule has 2 heterocycles. The molecule has 34 heavy (non-hydrogen) atoms. The molecule has 178 valence electrons. The van der Waals surface area contributed by atoms with E-state index >= 15 is 0 Å². The van der Waals surface area contributed by atoms with Crippen molar-refractivity contribution in [3.63, 3.8) is 0 Å². The summed E-state index contributed by atoms with van der Waals surface area (Å²) in [6.45, 7) is 8.36. The first-order valence-corrected chi connectivity index (χ1v) is 11.5. The van der Waals surface area contributed by atoms with Gasteiger partial charge in [-0.1, -0.05) is 35.9 Å². The van der Waals surface area contributed by atoms with Gasteiger partial charge in [-0.05, 0) is 44.0 Å². The van der Waals surface area contributed by atoms with E-state index < -0.39 is 0 Å². The maximum absolute atomic E-state index is 12.8. The van der Waals surface area contributed by atoms with Crippen molar-refractivity contribution in [3.05, 3.63) is 64.8 Å². The van der Waals surface area contributed by atoms with Crippen LogP contribution < -0.4 is 10.6 Å². The highest BCUT2D eigenvalue weighted by Crippen LogP contribution is 2.21. The average molecular weight is 462 g/mol. The lowest BCUT2D eigenvalue weighted by atomic mass is 10.1. The Morgan fingerprint density at radius 3 is 2.26 bits per heavy atom. The predicted molar refractivity (Wildman–Crippen MR) is 133 cm³/mol. The van der Waals surface area contributed by atoms with E-state index in [0.29, 0.717) is 31.9 Å². The van der Waals surface area contributed by atoms with Crippen LogP contribution in [-0.4, -0.2) is 71.8 Å². The smallest absolute Gasteiger partial charge is 0.270 e. The predicted octanol–water partition coefficient (Wildman–Crippen LogP) is 2.61. The number of aromatic nitrogens is 1. The van der Waals surface area contributed by atoms with E-state index in [1.54, 1.807) is 4.90 Å². The summed E-state index contributed by atoms with van der Waals surface area (Å²) in [5.41, 5.74) is 5.45. The Labute approximate surface area is 199 Å². The number of rotatable bonds is 6. The van der Waals surface area contributed by atoms with Crippen molar-refractivity contribution in [2.75, 3.05) is 44.6 Å². The molecule has 3 aromatic rings. The van der Waals surface area contributed by atoms with Gasteiger partial charge < -0.3 is 20.5 Å². The van der Waals surface area contributed by atoms with Crippen molar-refractivity contribution >= 4 is 34.3 Å². The summed E-state index contributed by atoms with van der Waals surface area (Å²) in [6, 6.07) is 13.7. The number of fused-ring (bicyclic) bond motifs is 1. The van der Waals surface area contributed by atoms with E-state index in [2.05, 4.69) is 15.6 Å². The number of nitrogens with zero attached hydrogens (tertiary/aromatic N) is 2. The molecular weight excluding hydrogens is 430 g/mol. The third-order valence-electron chi connectivity index (χ3n) is 6.17. The Kier molecular flexibility index (Phi) is 6.98. The largest absolute Gasteiger partial charge is 0.351 e. The molecule has 0 radical (unpaired) electrons. The average Bonchev–Trinajstić information content (AvgIpc) is 3.24. The van der Waals surface area contributed by atoms with Gasteiger partial charge in [-0.3, -0.25) is 19.3 Å². The van der Waals surface area contributed by atoms with Crippen molar-refractivity contribution in [2.24, 2.45) is 0 Å². The van der Waals surface area contributed by atoms with Crippen LogP contribution in [0.25, 0.3) is 10.9 Å². The Morgan fingerprint density at radius 2 is 1.59 bits per heavy atom. The number of hydrogen-bond acceptors (Lipinski definition) is 4. The van der Waals surface area contributed by atoms with Gasteiger partial charge in [0.2, 0.25) is 11.8 Å². The number of aromatic amines is 1. The molecule has 1 aromatic heterocycles. The monoisotopic (exact) mass is 461 g/mol. The van der Waals surface area contributed by atoms with Crippen molar-refractivity contribution in [2.45, 2.75) is 20.8 Å².